The number of carboxylic acids is 1. The Balaban J connectivity index is 2.70. The van der Waals surface area contributed by atoms with Crippen molar-refractivity contribution >= 4 is 11.9 Å². The number of hydrogen-bond donors (Lipinski definition) is 2. The molecule has 0 aromatic carbocycles. The van der Waals surface area contributed by atoms with Crippen molar-refractivity contribution in [1.82, 2.24) is 4.90 Å². The molecular formula is C12H22N2O4. The Morgan fingerprint density at radius 1 is 1.56 bits per heavy atom. The minimum absolute atomic E-state index is 0.0887. The monoisotopic (exact) mass is 258 g/mol. The molecule has 1 rings (SSSR count). The van der Waals surface area contributed by atoms with Crippen molar-refractivity contribution in [2.75, 3.05) is 19.8 Å². The molecule has 1 unspecified atom stereocenters. The molecule has 3 N–H and O–H groups in total. The first-order valence-electron chi connectivity index (χ1n) is 6.33. The van der Waals surface area contributed by atoms with Gasteiger partial charge in [0.05, 0.1) is 31.7 Å². The van der Waals surface area contributed by atoms with E-state index in [9.17, 15) is 9.59 Å². The number of rotatable bonds is 5. The zero-order valence-electron chi connectivity index (χ0n) is 11.0. The highest BCUT2D eigenvalue weighted by Crippen LogP contribution is 2.15. The molecule has 1 heterocycles. The first kappa shape index (κ1) is 14.9. The first-order chi connectivity index (χ1) is 8.47. The molecular weight excluding hydrogens is 236 g/mol. The summed E-state index contributed by atoms with van der Waals surface area (Å²) >= 11 is 0. The fraction of sp³-hybridized carbons (Fsp3) is 0.833. The van der Waals surface area contributed by atoms with Gasteiger partial charge in [-0.15, -0.1) is 0 Å². The lowest BCUT2D eigenvalue weighted by Gasteiger charge is -2.37. The maximum atomic E-state index is 12.2. The number of aliphatic carboxylic acids is 1. The number of hydrogen-bond acceptors (Lipinski definition) is 4. The lowest BCUT2D eigenvalue weighted by atomic mass is 9.97. The van der Waals surface area contributed by atoms with Crippen molar-refractivity contribution in [3.63, 3.8) is 0 Å². The van der Waals surface area contributed by atoms with Crippen LogP contribution in [0.5, 0.6) is 0 Å². The van der Waals surface area contributed by atoms with E-state index in [2.05, 4.69) is 0 Å². The predicted molar refractivity (Wildman–Crippen MR) is 66.0 cm³/mol. The van der Waals surface area contributed by atoms with Gasteiger partial charge in [0.25, 0.3) is 0 Å². The van der Waals surface area contributed by atoms with Crippen LogP contribution in [0.1, 0.15) is 26.7 Å². The summed E-state index contributed by atoms with van der Waals surface area (Å²) in [5.41, 5.74) is 5.92. The normalized spacial score (nSPS) is 23.5. The predicted octanol–water partition coefficient (Wildman–Crippen LogP) is 0.0619. The van der Waals surface area contributed by atoms with E-state index in [1.807, 2.05) is 13.8 Å². The fourth-order valence-electron chi connectivity index (χ4n) is 2.00. The average molecular weight is 258 g/mol. The van der Waals surface area contributed by atoms with E-state index in [0.717, 1.165) is 6.42 Å². The molecule has 104 valence electrons. The van der Waals surface area contributed by atoms with Gasteiger partial charge in [-0.05, 0) is 5.92 Å². The molecule has 1 aliphatic rings. The van der Waals surface area contributed by atoms with Crippen LogP contribution in [-0.2, 0) is 14.3 Å². The standard InChI is InChI=1S/C12H22N2O4/c1-3-8(2)11(13)12(17)14-4-5-18-7-9(14)6-10(15)16/h8-9,11H,3-7,13H2,1-2H3,(H,15,16)/t8-,9?,11-/m0/s1. The Labute approximate surface area is 107 Å². The van der Waals surface area contributed by atoms with Gasteiger partial charge in [0.1, 0.15) is 0 Å². The van der Waals surface area contributed by atoms with E-state index in [0.29, 0.717) is 13.2 Å². The summed E-state index contributed by atoms with van der Waals surface area (Å²) in [6.07, 6.45) is 0.722. The molecule has 0 aromatic rings. The Hall–Kier alpha value is -1.14. The van der Waals surface area contributed by atoms with Gasteiger partial charge in [0.2, 0.25) is 5.91 Å². The van der Waals surface area contributed by atoms with Crippen LogP contribution in [0.4, 0.5) is 0 Å². The van der Waals surface area contributed by atoms with Crippen LogP contribution < -0.4 is 5.73 Å². The molecule has 1 amide bonds. The van der Waals surface area contributed by atoms with Crippen molar-refractivity contribution in [1.29, 1.82) is 0 Å². The summed E-state index contributed by atoms with van der Waals surface area (Å²) in [6, 6.07) is -0.969. The van der Waals surface area contributed by atoms with Crippen molar-refractivity contribution in [2.24, 2.45) is 11.7 Å². The molecule has 0 radical (unpaired) electrons. The largest absolute Gasteiger partial charge is 0.481 e. The number of amides is 1. The van der Waals surface area contributed by atoms with Crippen LogP contribution >= 0.6 is 0 Å². The third-order valence-electron chi connectivity index (χ3n) is 3.46. The Kier molecular flexibility index (Phi) is 5.55. The topological polar surface area (TPSA) is 92.9 Å². The third-order valence-corrected chi connectivity index (χ3v) is 3.46. The summed E-state index contributed by atoms with van der Waals surface area (Å²) in [7, 11) is 0. The van der Waals surface area contributed by atoms with E-state index in [1.165, 1.54) is 0 Å². The highest BCUT2D eigenvalue weighted by atomic mass is 16.5. The minimum Gasteiger partial charge on any atom is -0.481 e. The van der Waals surface area contributed by atoms with E-state index in [1.54, 1.807) is 4.90 Å². The average Bonchev–Trinajstić information content (AvgIpc) is 2.36. The Morgan fingerprint density at radius 3 is 2.78 bits per heavy atom. The molecule has 18 heavy (non-hydrogen) atoms. The van der Waals surface area contributed by atoms with Gasteiger partial charge in [-0.25, -0.2) is 0 Å². The van der Waals surface area contributed by atoms with Gasteiger partial charge < -0.3 is 20.5 Å². The summed E-state index contributed by atoms with van der Waals surface area (Å²) < 4.78 is 5.23. The number of morpholine rings is 1. The van der Waals surface area contributed by atoms with Crippen molar-refractivity contribution in [3.05, 3.63) is 0 Å². The Morgan fingerprint density at radius 2 is 2.22 bits per heavy atom. The van der Waals surface area contributed by atoms with Crippen LogP contribution in [0.25, 0.3) is 0 Å². The highest BCUT2D eigenvalue weighted by Gasteiger charge is 2.33. The fourth-order valence-corrected chi connectivity index (χ4v) is 2.00. The molecule has 1 saturated heterocycles. The molecule has 0 aromatic heterocycles. The number of carboxylic acid groups (broad SMARTS) is 1. The summed E-state index contributed by atoms with van der Waals surface area (Å²) in [4.78, 5) is 24.6. The molecule has 0 spiro atoms. The number of nitrogens with zero attached hydrogens (tertiary/aromatic N) is 1. The van der Waals surface area contributed by atoms with E-state index < -0.39 is 18.1 Å². The summed E-state index contributed by atoms with van der Waals surface area (Å²) in [6.45, 7) is 5.03. The molecule has 1 fully saturated rings. The number of carbonyl (C=O) groups is 2. The second-order valence-corrected chi connectivity index (χ2v) is 4.77. The van der Waals surface area contributed by atoms with E-state index in [4.69, 9.17) is 15.6 Å². The third kappa shape index (κ3) is 3.68. The van der Waals surface area contributed by atoms with Crippen LogP contribution in [0.15, 0.2) is 0 Å². The smallest absolute Gasteiger partial charge is 0.305 e. The lowest BCUT2D eigenvalue weighted by molar-refractivity contribution is -0.147. The van der Waals surface area contributed by atoms with Gasteiger partial charge in [0, 0.05) is 6.54 Å². The second kappa shape index (κ2) is 6.70. The SMILES string of the molecule is CC[C@H](C)[C@H](N)C(=O)N1CCOCC1CC(=O)O. The molecule has 6 nitrogen and oxygen atoms in total. The molecule has 3 atom stereocenters. The molecule has 0 aliphatic carbocycles. The molecule has 1 aliphatic heterocycles. The van der Waals surface area contributed by atoms with Crippen LogP contribution in [0.2, 0.25) is 0 Å². The maximum Gasteiger partial charge on any atom is 0.305 e. The van der Waals surface area contributed by atoms with E-state index >= 15 is 0 Å². The maximum absolute atomic E-state index is 12.2. The van der Waals surface area contributed by atoms with Crippen LogP contribution in [0, 0.1) is 5.92 Å². The zero-order valence-corrected chi connectivity index (χ0v) is 11.0. The van der Waals surface area contributed by atoms with Gasteiger partial charge in [-0.2, -0.15) is 0 Å². The van der Waals surface area contributed by atoms with E-state index in [-0.39, 0.29) is 24.9 Å². The first-order valence-corrected chi connectivity index (χ1v) is 6.33. The second-order valence-electron chi connectivity index (χ2n) is 4.77. The van der Waals surface area contributed by atoms with Crippen LogP contribution in [0.3, 0.4) is 0 Å². The highest BCUT2D eigenvalue weighted by molar-refractivity contribution is 5.83. The summed E-state index contributed by atoms with van der Waals surface area (Å²) in [5.74, 6) is -1.01. The molecule has 6 heteroatoms. The van der Waals surface area contributed by atoms with Gasteiger partial charge >= 0.3 is 5.97 Å². The van der Waals surface area contributed by atoms with Crippen molar-refractivity contribution in [2.45, 2.75) is 38.8 Å². The lowest BCUT2D eigenvalue weighted by Crippen LogP contribution is -2.56. The minimum atomic E-state index is -0.930. The van der Waals surface area contributed by atoms with Gasteiger partial charge in [-0.1, -0.05) is 20.3 Å². The number of ether oxygens (including phenoxy) is 1. The Bertz CT molecular complexity index is 308. The van der Waals surface area contributed by atoms with Gasteiger partial charge in [0.15, 0.2) is 0 Å². The summed E-state index contributed by atoms with van der Waals surface area (Å²) in [5, 5.41) is 8.83. The number of nitrogens with two attached hydrogens (primary N) is 1. The number of carbonyl (C=O) groups excluding carboxylic acids is 1. The van der Waals surface area contributed by atoms with Crippen LogP contribution in [-0.4, -0.2) is 53.7 Å². The van der Waals surface area contributed by atoms with Crippen molar-refractivity contribution < 1.29 is 19.4 Å². The zero-order chi connectivity index (χ0) is 13.7. The quantitative estimate of drug-likeness (QED) is 0.727. The molecule has 0 saturated carbocycles. The molecule has 0 bridgehead atoms. The van der Waals surface area contributed by atoms with Gasteiger partial charge in [-0.3, -0.25) is 9.59 Å². The van der Waals surface area contributed by atoms with Crippen molar-refractivity contribution in [3.8, 4) is 0 Å².